The Morgan fingerprint density at radius 2 is 2.00 bits per heavy atom. The molecule has 0 fully saturated rings. The van der Waals surface area contributed by atoms with Crippen molar-refractivity contribution in [2.45, 2.75) is 0 Å². The first-order chi connectivity index (χ1) is 4.93. The van der Waals surface area contributed by atoms with Crippen molar-refractivity contribution >= 4 is 12.1 Å². The summed E-state index contributed by atoms with van der Waals surface area (Å²) in [4.78, 5) is 4.51. The Balaban J connectivity index is 2.50. The van der Waals surface area contributed by atoms with Crippen molar-refractivity contribution in [3.05, 3.63) is 30.3 Å². The molecule has 2 N–H and O–H groups in total. The minimum atomic E-state index is 0.839. The lowest BCUT2D eigenvalue weighted by molar-refractivity contribution is 0.409. The van der Waals surface area contributed by atoms with Crippen LogP contribution in [0.15, 0.2) is 30.3 Å². The van der Waals surface area contributed by atoms with Crippen molar-refractivity contribution in [2.75, 3.05) is 5.48 Å². The van der Waals surface area contributed by atoms with Gasteiger partial charge in [-0.2, -0.15) is 0 Å². The van der Waals surface area contributed by atoms with E-state index in [4.69, 9.17) is 5.41 Å². The second-order valence-electron chi connectivity index (χ2n) is 1.70. The molecule has 0 aliphatic heterocycles. The van der Waals surface area contributed by atoms with E-state index in [0.717, 1.165) is 12.1 Å². The van der Waals surface area contributed by atoms with Crippen molar-refractivity contribution in [3.63, 3.8) is 0 Å². The predicted molar refractivity (Wildman–Crippen MR) is 39.9 cm³/mol. The molecule has 52 valence electrons. The van der Waals surface area contributed by atoms with Gasteiger partial charge in [0.25, 0.3) is 0 Å². The summed E-state index contributed by atoms with van der Waals surface area (Å²) in [5, 5.41) is 6.54. The van der Waals surface area contributed by atoms with E-state index in [0.29, 0.717) is 0 Å². The molecule has 1 aromatic carbocycles. The van der Waals surface area contributed by atoms with E-state index in [1.807, 2.05) is 30.3 Å². The largest absolute Gasteiger partial charge is 0.370 e. The van der Waals surface area contributed by atoms with Crippen molar-refractivity contribution in [1.29, 1.82) is 5.41 Å². The molecule has 0 aliphatic rings. The standard InChI is InChI=1S/C7H8N2O/c8-6-10-9-7-4-2-1-3-5-7/h1-6,8-9H. The Morgan fingerprint density at radius 1 is 1.30 bits per heavy atom. The van der Waals surface area contributed by atoms with E-state index in [2.05, 4.69) is 10.3 Å². The summed E-state index contributed by atoms with van der Waals surface area (Å²) in [6.45, 7) is 0. The maximum absolute atomic E-state index is 6.54. The highest BCUT2D eigenvalue weighted by Crippen LogP contribution is 2.03. The van der Waals surface area contributed by atoms with Crippen LogP contribution in [0.1, 0.15) is 0 Å². The van der Waals surface area contributed by atoms with Gasteiger partial charge in [-0.15, -0.1) is 0 Å². The Bertz CT molecular complexity index is 198. The van der Waals surface area contributed by atoms with Gasteiger partial charge >= 0.3 is 0 Å². The second-order valence-corrected chi connectivity index (χ2v) is 1.70. The summed E-state index contributed by atoms with van der Waals surface area (Å²) >= 11 is 0. The van der Waals surface area contributed by atoms with E-state index in [1.54, 1.807) is 0 Å². The molecule has 0 unspecified atom stereocenters. The zero-order valence-corrected chi connectivity index (χ0v) is 5.37. The molecule has 0 radical (unpaired) electrons. The molecule has 0 amide bonds. The van der Waals surface area contributed by atoms with Crippen LogP contribution in [-0.2, 0) is 4.84 Å². The molecule has 0 aromatic heterocycles. The molecule has 10 heavy (non-hydrogen) atoms. The topological polar surface area (TPSA) is 45.1 Å². The molecule has 1 rings (SSSR count). The molecule has 0 heterocycles. The Morgan fingerprint density at radius 3 is 2.60 bits per heavy atom. The van der Waals surface area contributed by atoms with E-state index < -0.39 is 0 Å². The molecule has 1 aromatic rings. The van der Waals surface area contributed by atoms with Crippen molar-refractivity contribution in [3.8, 4) is 0 Å². The number of nitrogens with one attached hydrogen (secondary N) is 2. The van der Waals surface area contributed by atoms with E-state index >= 15 is 0 Å². The fraction of sp³-hybridized carbons (Fsp3) is 0. The summed E-state index contributed by atoms with van der Waals surface area (Å²) in [6, 6.07) is 9.38. The minimum absolute atomic E-state index is 0.839. The van der Waals surface area contributed by atoms with Crippen LogP contribution in [0.2, 0.25) is 0 Å². The van der Waals surface area contributed by atoms with Crippen LogP contribution in [0.3, 0.4) is 0 Å². The number of para-hydroxylation sites is 1. The fourth-order valence-corrected chi connectivity index (χ4v) is 0.604. The Hall–Kier alpha value is -1.51. The van der Waals surface area contributed by atoms with Gasteiger partial charge in [0, 0.05) is 0 Å². The molecule has 0 saturated carbocycles. The van der Waals surface area contributed by atoms with Gasteiger partial charge in [0.2, 0.25) is 6.40 Å². The summed E-state index contributed by atoms with van der Waals surface area (Å²) < 4.78 is 0. The number of hydrogen-bond donors (Lipinski definition) is 2. The van der Waals surface area contributed by atoms with Crippen LogP contribution >= 0.6 is 0 Å². The zero-order valence-electron chi connectivity index (χ0n) is 5.37. The van der Waals surface area contributed by atoms with Crippen molar-refractivity contribution in [2.24, 2.45) is 0 Å². The Labute approximate surface area is 59.1 Å². The highest BCUT2D eigenvalue weighted by atomic mass is 16.6. The lowest BCUT2D eigenvalue weighted by atomic mass is 10.3. The number of rotatable bonds is 3. The monoisotopic (exact) mass is 136 g/mol. The van der Waals surface area contributed by atoms with Gasteiger partial charge in [0.1, 0.15) is 0 Å². The summed E-state index contributed by atoms with van der Waals surface area (Å²) in [7, 11) is 0. The lowest BCUT2D eigenvalue weighted by Gasteiger charge is -2.00. The van der Waals surface area contributed by atoms with Crippen LogP contribution in [0.5, 0.6) is 0 Å². The average molecular weight is 136 g/mol. The van der Waals surface area contributed by atoms with Crippen LogP contribution in [-0.4, -0.2) is 6.40 Å². The molecular formula is C7H8N2O. The summed E-state index contributed by atoms with van der Waals surface area (Å²) in [6.07, 6.45) is 0.840. The molecule has 0 atom stereocenters. The Kier molecular flexibility index (Phi) is 2.31. The van der Waals surface area contributed by atoms with Gasteiger partial charge in [-0.25, -0.2) is 5.48 Å². The lowest BCUT2D eigenvalue weighted by Crippen LogP contribution is -1.96. The quantitative estimate of drug-likeness (QED) is 0.377. The third-order valence-corrected chi connectivity index (χ3v) is 1.01. The third kappa shape index (κ3) is 1.78. The molecule has 0 spiro atoms. The van der Waals surface area contributed by atoms with Crippen molar-refractivity contribution in [1.82, 2.24) is 0 Å². The first-order valence-corrected chi connectivity index (χ1v) is 2.89. The SMILES string of the molecule is N=CONc1ccccc1. The van der Waals surface area contributed by atoms with Gasteiger partial charge in [-0.1, -0.05) is 18.2 Å². The minimum Gasteiger partial charge on any atom is -0.370 e. The van der Waals surface area contributed by atoms with E-state index in [9.17, 15) is 0 Å². The molecule has 3 heteroatoms. The molecular weight excluding hydrogens is 128 g/mol. The fourth-order valence-electron chi connectivity index (χ4n) is 0.604. The molecule has 3 nitrogen and oxygen atoms in total. The van der Waals surface area contributed by atoms with E-state index in [-0.39, 0.29) is 0 Å². The smallest absolute Gasteiger partial charge is 0.201 e. The third-order valence-electron chi connectivity index (χ3n) is 1.01. The van der Waals surface area contributed by atoms with E-state index in [1.165, 1.54) is 0 Å². The second kappa shape index (κ2) is 3.50. The van der Waals surface area contributed by atoms with Crippen molar-refractivity contribution < 1.29 is 4.84 Å². The molecule has 0 bridgehead atoms. The summed E-state index contributed by atoms with van der Waals surface area (Å²) in [5.41, 5.74) is 3.39. The maximum Gasteiger partial charge on any atom is 0.201 e. The normalized spacial score (nSPS) is 8.40. The highest BCUT2D eigenvalue weighted by molar-refractivity contribution is 5.47. The molecule has 0 saturated heterocycles. The predicted octanol–water partition coefficient (Wildman–Crippen LogP) is 1.64. The van der Waals surface area contributed by atoms with Gasteiger partial charge in [0.05, 0.1) is 5.69 Å². The van der Waals surface area contributed by atoms with Gasteiger partial charge in [-0.3, -0.25) is 5.41 Å². The zero-order chi connectivity index (χ0) is 7.23. The first kappa shape index (κ1) is 6.61. The number of anilines is 1. The maximum atomic E-state index is 6.54. The van der Waals surface area contributed by atoms with Gasteiger partial charge in [-0.05, 0) is 12.1 Å². The number of benzene rings is 1. The van der Waals surface area contributed by atoms with Crippen LogP contribution < -0.4 is 5.48 Å². The van der Waals surface area contributed by atoms with Gasteiger partial charge < -0.3 is 4.84 Å². The number of hydrogen-bond acceptors (Lipinski definition) is 3. The first-order valence-electron chi connectivity index (χ1n) is 2.89. The average Bonchev–Trinajstić information content (AvgIpc) is 2.03. The summed E-state index contributed by atoms with van der Waals surface area (Å²) in [5.74, 6) is 0. The van der Waals surface area contributed by atoms with Gasteiger partial charge in [0.15, 0.2) is 0 Å². The molecule has 0 aliphatic carbocycles. The van der Waals surface area contributed by atoms with Crippen LogP contribution in [0.25, 0.3) is 0 Å². The highest BCUT2D eigenvalue weighted by Gasteiger charge is 1.83. The van der Waals surface area contributed by atoms with Crippen LogP contribution in [0.4, 0.5) is 5.69 Å². The van der Waals surface area contributed by atoms with Crippen LogP contribution in [0, 0.1) is 5.41 Å².